The second kappa shape index (κ2) is 7.32. The van der Waals surface area contributed by atoms with Crippen LogP contribution in [0.5, 0.6) is 0 Å². The van der Waals surface area contributed by atoms with Gasteiger partial charge in [0.2, 0.25) is 17.6 Å². The third kappa shape index (κ3) is 4.13. The Morgan fingerprint density at radius 1 is 1.39 bits per heavy atom. The maximum absolute atomic E-state index is 12.3. The molecule has 0 saturated carbocycles. The minimum atomic E-state index is 0.125. The number of carbonyl (C=O) groups excluding carboxylic acids is 1. The highest BCUT2D eigenvalue weighted by Crippen LogP contribution is 2.15. The largest absolute Gasteiger partial charge is 0.343 e. The quantitative estimate of drug-likeness (QED) is 0.916. The van der Waals surface area contributed by atoms with Gasteiger partial charge in [-0.2, -0.15) is 4.98 Å². The van der Waals surface area contributed by atoms with Gasteiger partial charge in [0.1, 0.15) is 0 Å². The van der Waals surface area contributed by atoms with Crippen molar-refractivity contribution in [3.8, 4) is 11.4 Å². The van der Waals surface area contributed by atoms with Gasteiger partial charge in [0.15, 0.2) is 0 Å². The summed E-state index contributed by atoms with van der Waals surface area (Å²) in [6.07, 6.45) is 7.03. The van der Waals surface area contributed by atoms with E-state index in [2.05, 4.69) is 15.1 Å². The summed E-state index contributed by atoms with van der Waals surface area (Å²) in [4.78, 5) is 22.5. The van der Waals surface area contributed by atoms with E-state index in [9.17, 15) is 4.79 Å². The van der Waals surface area contributed by atoms with Crippen LogP contribution in [-0.4, -0.2) is 45.1 Å². The Kier molecular flexibility index (Phi) is 4.97. The minimum Gasteiger partial charge on any atom is -0.343 e. The number of amides is 1. The Balaban J connectivity index is 1.54. The molecule has 1 aliphatic rings. The molecule has 1 saturated heterocycles. The van der Waals surface area contributed by atoms with Crippen LogP contribution in [0.3, 0.4) is 0 Å². The molecule has 23 heavy (non-hydrogen) atoms. The smallest absolute Gasteiger partial charge is 0.227 e. The Morgan fingerprint density at radius 2 is 2.30 bits per heavy atom. The fraction of sp³-hybridized carbons (Fsp3) is 0.500. The summed E-state index contributed by atoms with van der Waals surface area (Å²) in [5, 5.41) is 3.93. The van der Waals surface area contributed by atoms with Crippen molar-refractivity contribution in [1.82, 2.24) is 20.0 Å². The van der Waals surface area contributed by atoms with Gasteiger partial charge in [-0.1, -0.05) is 5.16 Å². The van der Waals surface area contributed by atoms with Crippen molar-refractivity contribution in [2.75, 3.05) is 13.1 Å². The predicted octanol–water partition coefficient (Wildman–Crippen LogP) is 1.40. The van der Waals surface area contributed by atoms with E-state index in [0.717, 1.165) is 37.9 Å². The van der Waals surface area contributed by atoms with Crippen LogP contribution in [0.2, 0.25) is 0 Å². The van der Waals surface area contributed by atoms with Crippen LogP contribution in [0.15, 0.2) is 29.0 Å². The van der Waals surface area contributed by atoms with Crippen LogP contribution in [0.4, 0.5) is 0 Å². The maximum atomic E-state index is 12.3. The molecule has 0 spiro atoms. The Morgan fingerprint density at radius 3 is 3.13 bits per heavy atom. The second-order valence-corrected chi connectivity index (χ2v) is 5.83. The van der Waals surface area contributed by atoms with Crippen LogP contribution in [0.25, 0.3) is 11.4 Å². The normalized spacial score (nSPS) is 18.7. The van der Waals surface area contributed by atoms with Crippen LogP contribution in [0.1, 0.15) is 31.6 Å². The number of aryl methyl sites for hydroxylation is 1. The molecular weight excluding hydrogens is 294 g/mol. The number of hydrogen-bond donors (Lipinski definition) is 1. The molecule has 0 bridgehead atoms. The molecule has 1 fully saturated rings. The number of carbonyl (C=O) groups is 1. The van der Waals surface area contributed by atoms with Crippen molar-refractivity contribution in [1.29, 1.82) is 0 Å². The fourth-order valence-electron chi connectivity index (χ4n) is 2.71. The molecule has 7 nitrogen and oxygen atoms in total. The molecule has 2 N–H and O–H groups in total. The molecule has 0 radical (unpaired) electrons. The fourth-order valence-corrected chi connectivity index (χ4v) is 2.71. The van der Waals surface area contributed by atoms with E-state index >= 15 is 0 Å². The summed E-state index contributed by atoms with van der Waals surface area (Å²) < 4.78 is 5.22. The van der Waals surface area contributed by atoms with Gasteiger partial charge in [-0.3, -0.25) is 9.78 Å². The molecule has 0 aromatic carbocycles. The number of likely N-dealkylation sites (tertiary alicyclic amines) is 1. The average molecular weight is 315 g/mol. The molecule has 3 rings (SSSR count). The minimum absolute atomic E-state index is 0.125. The Labute approximate surface area is 134 Å². The summed E-state index contributed by atoms with van der Waals surface area (Å²) in [6, 6.07) is 3.90. The molecule has 2 aromatic heterocycles. The first kappa shape index (κ1) is 15.6. The second-order valence-electron chi connectivity index (χ2n) is 5.83. The van der Waals surface area contributed by atoms with E-state index in [1.165, 1.54) is 0 Å². The molecule has 7 heteroatoms. The molecule has 1 amide bonds. The molecule has 0 aliphatic carbocycles. The first-order chi connectivity index (χ1) is 11.2. The van der Waals surface area contributed by atoms with Crippen LogP contribution in [-0.2, 0) is 11.2 Å². The van der Waals surface area contributed by atoms with Crippen molar-refractivity contribution in [3.63, 3.8) is 0 Å². The summed E-state index contributed by atoms with van der Waals surface area (Å²) in [6.45, 7) is 1.53. The van der Waals surface area contributed by atoms with E-state index in [1.54, 1.807) is 12.4 Å². The van der Waals surface area contributed by atoms with Crippen molar-refractivity contribution in [2.24, 2.45) is 5.73 Å². The molecule has 122 valence electrons. The number of nitrogens with two attached hydrogens (primary N) is 1. The third-order valence-electron chi connectivity index (χ3n) is 4.07. The first-order valence-corrected chi connectivity index (χ1v) is 7.99. The van der Waals surface area contributed by atoms with Crippen LogP contribution >= 0.6 is 0 Å². The highest BCUT2D eigenvalue weighted by molar-refractivity contribution is 5.76. The van der Waals surface area contributed by atoms with Crippen molar-refractivity contribution >= 4 is 5.91 Å². The SMILES string of the molecule is NC1CCCN(C(=O)CCc2nc(-c3cccnc3)no2)CC1. The average Bonchev–Trinajstić information content (AvgIpc) is 2.95. The predicted molar refractivity (Wildman–Crippen MR) is 84.3 cm³/mol. The molecule has 3 heterocycles. The van der Waals surface area contributed by atoms with Crippen molar-refractivity contribution < 1.29 is 9.32 Å². The monoisotopic (exact) mass is 315 g/mol. The number of rotatable bonds is 4. The summed E-state index contributed by atoms with van der Waals surface area (Å²) >= 11 is 0. The lowest BCUT2D eigenvalue weighted by Gasteiger charge is -2.19. The van der Waals surface area contributed by atoms with Gasteiger partial charge in [-0.25, -0.2) is 0 Å². The van der Waals surface area contributed by atoms with Crippen LogP contribution in [0, 0.1) is 0 Å². The molecule has 2 aromatic rings. The number of hydrogen-bond acceptors (Lipinski definition) is 6. The summed E-state index contributed by atoms with van der Waals surface area (Å²) in [5.41, 5.74) is 6.75. The summed E-state index contributed by atoms with van der Waals surface area (Å²) in [7, 11) is 0. The van der Waals surface area contributed by atoms with E-state index in [4.69, 9.17) is 10.3 Å². The summed E-state index contributed by atoms with van der Waals surface area (Å²) in [5.74, 6) is 1.10. The van der Waals surface area contributed by atoms with E-state index in [1.807, 2.05) is 17.0 Å². The zero-order valence-electron chi connectivity index (χ0n) is 13.0. The zero-order valence-corrected chi connectivity index (χ0v) is 13.0. The molecular formula is C16H21N5O2. The third-order valence-corrected chi connectivity index (χ3v) is 4.07. The number of aromatic nitrogens is 3. The zero-order chi connectivity index (χ0) is 16.1. The van der Waals surface area contributed by atoms with Gasteiger partial charge in [0, 0.05) is 49.9 Å². The maximum Gasteiger partial charge on any atom is 0.227 e. The van der Waals surface area contributed by atoms with Gasteiger partial charge in [-0.05, 0) is 31.4 Å². The van der Waals surface area contributed by atoms with E-state index in [-0.39, 0.29) is 11.9 Å². The van der Waals surface area contributed by atoms with Gasteiger partial charge in [0.05, 0.1) is 0 Å². The Hall–Kier alpha value is -2.28. The van der Waals surface area contributed by atoms with Crippen LogP contribution < -0.4 is 5.73 Å². The highest BCUT2D eigenvalue weighted by atomic mass is 16.5. The number of pyridine rings is 1. The highest BCUT2D eigenvalue weighted by Gasteiger charge is 2.19. The van der Waals surface area contributed by atoms with E-state index < -0.39 is 0 Å². The topological polar surface area (TPSA) is 98.1 Å². The van der Waals surface area contributed by atoms with Gasteiger partial charge in [0.25, 0.3) is 0 Å². The molecule has 1 aliphatic heterocycles. The van der Waals surface area contributed by atoms with Gasteiger partial charge >= 0.3 is 0 Å². The van der Waals surface area contributed by atoms with Crippen molar-refractivity contribution in [3.05, 3.63) is 30.4 Å². The van der Waals surface area contributed by atoms with E-state index in [0.29, 0.717) is 24.6 Å². The molecule has 1 atom stereocenters. The van der Waals surface area contributed by atoms with Crippen molar-refractivity contribution in [2.45, 2.75) is 38.1 Å². The standard InChI is InChI=1S/C16H21N5O2/c17-13-4-2-9-21(10-7-13)15(22)6-5-14-19-16(20-23-14)12-3-1-8-18-11-12/h1,3,8,11,13H,2,4-7,9-10,17H2. The van der Waals surface area contributed by atoms with Gasteiger partial charge < -0.3 is 15.2 Å². The lowest BCUT2D eigenvalue weighted by atomic mass is 10.1. The Bertz CT molecular complexity index is 643. The molecule has 1 unspecified atom stereocenters. The first-order valence-electron chi connectivity index (χ1n) is 7.99. The lowest BCUT2D eigenvalue weighted by molar-refractivity contribution is -0.131. The number of nitrogens with zero attached hydrogens (tertiary/aromatic N) is 4. The van der Waals surface area contributed by atoms with Gasteiger partial charge in [-0.15, -0.1) is 0 Å². The lowest BCUT2D eigenvalue weighted by Crippen LogP contribution is -2.33.